The number of allylic oxidation sites excluding steroid dienone is 1. The highest BCUT2D eigenvalue weighted by atomic mass is 79.9. The minimum absolute atomic E-state index is 0.000892. The molecule has 0 aliphatic heterocycles. The van der Waals surface area contributed by atoms with Gasteiger partial charge in [0.15, 0.2) is 11.5 Å². The van der Waals surface area contributed by atoms with Gasteiger partial charge < -0.3 is 9.47 Å². The van der Waals surface area contributed by atoms with Gasteiger partial charge in [0, 0.05) is 15.6 Å². The fourth-order valence-electron chi connectivity index (χ4n) is 2.12. The lowest BCUT2D eigenvalue weighted by atomic mass is 10.1. The molecule has 0 atom stereocenters. The first kappa shape index (κ1) is 20.1. The molecule has 4 nitrogen and oxygen atoms in total. The highest BCUT2D eigenvalue weighted by Gasteiger charge is 2.13. The molecule has 2 aromatic carbocycles. The topological polar surface area (TPSA) is 66.0 Å². The van der Waals surface area contributed by atoms with Gasteiger partial charge in [-0.15, -0.1) is 0 Å². The number of hydrogen-bond donors (Lipinski definition) is 0. The maximum Gasteiger partial charge on any atom is 0.175 e. The first-order valence-corrected chi connectivity index (χ1v) is 9.08. The zero-order valence-electron chi connectivity index (χ0n) is 13.7. The summed E-state index contributed by atoms with van der Waals surface area (Å²) >= 11 is 15.5. The van der Waals surface area contributed by atoms with Crippen LogP contribution in [0.15, 0.2) is 40.4 Å². The van der Waals surface area contributed by atoms with Gasteiger partial charge >= 0.3 is 0 Å². The minimum Gasteiger partial charge on any atom is -0.490 e. The van der Waals surface area contributed by atoms with E-state index >= 15 is 0 Å². The van der Waals surface area contributed by atoms with Gasteiger partial charge in [0.1, 0.15) is 24.3 Å². The van der Waals surface area contributed by atoms with Crippen molar-refractivity contribution in [1.82, 2.24) is 0 Å². The molecule has 0 amide bonds. The molecular formula is C19H13BrCl2N2O2. The molecule has 2 rings (SSSR count). The van der Waals surface area contributed by atoms with E-state index in [-0.39, 0.29) is 12.2 Å². The summed E-state index contributed by atoms with van der Waals surface area (Å²) in [5.74, 6) is 0.999. The highest BCUT2D eigenvalue weighted by Crippen LogP contribution is 2.38. The third-order valence-corrected chi connectivity index (χ3v) is 4.45. The molecule has 0 heterocycles. The summed E-state index contributed by atoms with van der Waals surface area (Å²) in [4.78, 5) is 0. The van der Waals surface area contributed by atoms with Crippen LogP contribution < -0.4 is 9.47 Å². The van der Waals surface area contributed by atoms with E-state index in [1.165, 1.54) is 6.08 Å². The average molecular weight is 452 g/mol. The molecular weight excluding hydrogens is 439 g/mol. The second-order valence-corrected chi connectivity index (χ2v) is 6.77. The summed E-state index contributed by atoms with van der Waals surface area (Å²) < 4.78 is 12.2. The summed E-state index contributed by atoms with van der Waals surface area (Å²) in [7, 11) is 0. The van der Waals surface area contributed by atoms with Crippen LogP contribution in [0.25, 0.3) is 6.08 Å². The standard InChI is InChI=1S/C19H13BrCl2N2O2/c1-2-25-18-7-12(5-13(9-23)10-24)6-16(20)19(18)26-11-14-3-4-15(21)8-17(14)22/h3-8H,2,11H2,1H3. The number of rotatable bonds is 6. The number of benzene rings is 2. The largest absolute Gasteiger partial charge is 0.490 e. The van der Waals surface area contributed by atoms with Crippen molar-refractivity contribution in [1.29, 1.82) is 10.5 Å². The Kier molecular flexibility index (Phi) is 7.36. The Morgan fingerprint density at radius 2 is 1.88 bits per heavy atom. The van der Waals surface area contributed by atoms with E-state index in [4.69, 9.17) is 43.2 Å². The number of halogens is 3. The van der Waals surface area contributed by atoms with E-state index < -0.39 is 0 Å². The van der Waals surface area contributed by atoms with Gasteiger partial charge in [0.25, 0.3) is 0 Å². The monoisotopic (exact) mass is 450 g/mol. The van der Waals surface area contributed by atoms with Crippen molar-refractivity contribution in [3.8, 4) is 23.6 Å². The van der Waals surface area contributed by atoms with Crippen molar-refractivity contribution >= 4 is 45.2 Å². The molecule has 26 heavy (non-hydrogen) atoms. The zero-order chi connectivity index (χ0) is 19.1. The molecule has 2 aromatic rings. The van der Waals surface area contributed by atoms with Crippen molar-refractivity contribution in [2.75, 3.05) is 6.61 Å². The third kappa shape index (κ3) is 5.16. The number of hydrogen-bond acceptors (Lipinski definition) is 4. The lowest BCUT2D eigenvalue weighted by molar-refractivity contribution is 0.267. The van der Waals surface area contributed by atoms with Gasteiger partial charge in [-0.1, -0.05) is 29.3 Å². The molecule has 0 aromatic heterocycles. The van der Waals surface area contributed by atoms with Crippen molar-refractivity contribution < 1.29 is 9.47 Å². The molecule has 0 aliphatic carbocycles. The minimum atomic E-state index is 0.000892. The van der Waals surface area contributed by atoms with Gasteiger partial charge in [-0.25, -0.2) is 0 Å². The molecule has 0 saturated carbocycles. The van der Waals surface area contributed by atoms with Gasteiger partial charge in [0.2, 0.25) is 0 Å². The van der Waals surface area contributed by atoms with Gasteiger partial charge in [-0.2, -0.15) is 10.5 Å². The van der Waals surface area contributed by atoms with Crippen LogP contribution >= 0.6 is 39.1 Å². The predicted molar refractivity (Wildman–Crippen MR) is 105 cm³/mol. The van der Waals surface area contributed by atoms with Crippen molar-refractivity contribution in [3.05, 3.63) is 61.5 Å². The van der Waals surface area contributed by atoms with Crippen LogP contribution in [0.2, 0.25) is 10.0 Å². The van der Waals surface area contributed by atoms with E-state index in [9.17, 15) is 0 Å². The number of ether oxygens (including phenoxy) is 2. The van der Waals surface area contributed by atoms with Crippen molar-refractivity contribution in [2.24, 2.45) is 0 Å². The maximum atomic E-state index is 8.91. The van der Waals surface area contributed by atoms with Crippen LogP contribution in [0, 0.1) is 22.7 Å². The Morgan fingerprint density at radius 1 is 1.15 bits per heavy atom. The molecule has 0 N–H and O–H groups in total. The smallest absolute Gasteiger partial charge is 0.175 e. The van der Waals surface area contributed by atoms with Crippen molar-refractivity contribution in [2.45, 2.75) is 13.5 Å². The SMILES string of the molecule is CCOc1cc(C=C(C#N)C#N)cc(Br)c1OCc1ccc(Cl)cc1Cl. The molecule has 0 aliphatic rings. The second kappa shape index (κ2) is 9.50. The zero-order valence-corrected chi connectivity index (χ0v) is 16.8. The Balaban J connectivity index is 2.34. The Morgan fingerprint density at radius 3 is 2.50 bits per heavy atom. The highest BCUT2D eigenvalue weighted by molar-refractivity contribution is 9.10. The summed E-state index contributed by atoms with van der Waals surface area (Å²) in [6, 6.07) is 12.3. The Bertz CT molecular complexity index is 914. The normalized spacial score (nSPS) is 9.77. The molecule has 0 unspecified atom stereocenters. The fraction of sp³-hybridized carbons (Fsp3) is 0.158. The Hall–Kier alpha value is -2.18. The van der Waals surface area contributed by atoms with E-state index in [2.05, 4.69) is 15.9 Å². The summed E-state index contributed by atoms with van der Waals surface area (Å²) in [6.45, 7) is 2.51. The van der Waals surface area contributed by atoms with Crippen LogP contribution in [0.5, 0.6) is 11.5 Å². The van der Waals surface area contributed by atoms with E-state index in [1.54, 1.807) is 30.3 Å². The molecule has 0 spiro atoms. The third-order valence-electron chi connectivity index (χ3n) is 3.27. The molecule has 0 bridgehead atoms. The molecule has 132 valence electrons. The number of nitriles is 2. The van der Waals surface area contributed by atoms with Gasteiger partial charge in [-0.3, -0.25) is 0 Å². The van der Waals surface area contributed by atoms with E-state index in [1.807, 2.05) is 19.1 Å². The van der Waals surface area contributed by atoms with Crippen LogP contribution in [-0.4, -0.2) is 6.61 Å². The van der Waals surface area contributed by atoms with E-state index in [0.29, 0.717) is 38.2 Å². The van der Waals surface area contributed by atoms with Crippen LogP contribution in [0.1, 0.15) is 18.1 Å². The first-order valence-electron chi connectivity index (χ1n) is 7.53. The summed E-state index contributed by atoms with van der Waals surface area (Å²) in [5, 5.41) is 18.9. The predicted octanol–water partition coefficient (Wildman–Crippen LogP) is 6.16. The summed E-state index contributed by atoms with van der Waals surface area (Å²) in [6.07, 6.45) is 1.48. The van der Waals surface area contributed by atoms with E-state index in [0.717, 1.165) is 5.56 Å². The maximum absolute atomic E-state index is 8.91. The molecule has 0 radical (unpaired) electrons. The molecule has 7 heteroatoms. The molecule has 0 fully saturated rings. The van der Waals surface area contributed by atoms with Crippen LogP contribution in [0.4, 0.5) is 0 Å². The van der Waals surface area contributed by atoms with Gasteiger partial charge in [0.05, 0.1) is 11.1 Å². The van der Waals surface area contributed by atoms with Crippen LogP contribution in [-0.2, 0) is 6.61 Å². The first-order chi connectivity index (χ1) is 12.5. The van der Waals surface area contributed by atoms with Crippen molar-refractivity contribution in [3.63, 3.8) is 0 Å². The fourth-order valence-corrected chi connectivity index (χ4v) is 3.16. The average Bonchev–Trinajstić information content (AvgIpc) is 2.60. The second-order valence-electron chi connectivity index (χ2n) is 5.07. The number of nitrogens with zero attached hydrogens (tertiary/aromatic N) is 2. The summed E-state index contributed by atoms with van der Waals surface area (Å²) in [5.41, 5.74) is 1.43. The van der Waals surface area contributed by atoms with Crippen LogP contribution in [0.3, 0.4) is 0 Å². The lowest BCUT2D eigenvalue weighted by Crippen LogP contribution is -2.01. The van der Waals surface area contributed by atoms with Gasteiger partial charge in [-0.05, 0) is 58.8 Å². The Labute approximate surface area is 170 Å². The molecule has 0 saturated heterocycles. The quantitative estimate of drug-likeness (QED) is 0.493. The lowest BCUT2D eigenvalue weighted by Gasteiger charge is -2.15.